The average molecular weight is 237 g/mol. The highest BCUT2D eigenvalue weighted by atomic mass is 15.2. The lowest BCUT2D eigenvalue weighted by Crippen LogP contribution is -2.60. The van der Waals surface area contributed by atoms with Crippen LogP contribution in [0.1, 0.15) is 39.0 Å². The van der Waals surface area contributed by atoms with Crippen LogP contribution in [0, 0.1) is 0 Å². The molecule has 0 aromatic rings. The summed E-state index contributed by atoms with van der Waals surface area (Å²) in [6.45, 7) is 3.92. The molecule has 2 aliphatic heterocycles. The second-order valence-electron chi connectivity index (χ2n) is 5.73. The van der Waals surface area contributed by atoms with Gasteiger partial charge in [0, 0.05) is 24.2 Å². The topological polar surface area (TPSA) is 41.3 Å². The van der Waals surface area contributed by atoms with Gasteiger partial charge in [0.15, 0.2) is 0 Å². The first-order valence-electron chi connectivity index (χ1n) is 6.99. The molecule has 3 N–H and O–H groups in total. The summed E-state index contributed by atoms with van der Waals surface area (Å²) in [5.74, 6) is 0. The maximum atomic E-state index is 6.05. The Hall–Kier alpha value is -0.380. The molecular weight excluding hydrogens is 210 g/mol. The van der Waals surface area contributed by atoms with E-state index < -0.39 is 0 Å². The standard InChI is InChI=1S/C14H27N3/c1-3-4-5-8-16-14(11-15)9-12-6-7-13(10-14)17(12)2/h3-4,12-13,16H,5-11,15H2,1-2H3/b4-3+. The number of piperidine rings is 1. The van der Waals surface area contributed by atoms with Crippen molar-refractivity contribution in [1.29, 1.82) is 0 Å². The zero-order valence-corrected chi connectivity index (χ0v) is 11.3. The Morgan fingerprint density at radius 2 is 2.00 bits per heavy atom. The Morgan fingerprint density at radius 3 is 2.53 bits per heavy atom. The van der Waals surface area contributed by atoms with Gasteiger partial charge >= 0.3 is 0 Å². The summed E-state index contributed by atoms with van der Waals surface area (Å²) < 4.78 is 0. The molecule has 2 aliphatic rings. The summed E-state index contributed by atoms with van der Waals surface area (Å²) in [4.78, 5) is 2.57. The molecule has 0 aliphatic carbocycles. The Bertz CT molecular complexity index is 261. The molecule has 2 atom stereocenters. The second kappa shape index (κ2) is 5.51. The molecule has 0 aromatic carbocycles. The fraction of sp³-hybridized carbons (Fsp3) is 0.857. The van der Waals surface area contributed by atoms with E-state index in [2.05, 4.69) is 36.3 Å². The van der Waals surface area contributed by atoms with Crippen molar-refractivity contribution in [3.63, 3.8) is 0 Å². The maximum absolute atomic E-state index is 6.05. The van der Waals surface area contributed by atoms with Gasteiger partial charge in [-0.3, -0.25) is 0 Å². The van der Waals surface area contributed by atoms with Crippen molar-refractivity contribution in [3.8, 4) is 0 Å². The third kappa shape index (κ3) is 2.72. The molecule has 2 bridgehead atoms. The third-order valence-corrected chi connectivity index (χ3v) is 4.68. The van der Waals surface area contributed by atoms with Gasteiger partial charge < -0.3 is 16.0 Å². The molecule has 0 saturated carbocycles. The van der Waals surface area contributed by atoms with E-state index in [4.69, 9.17) is 5.73 Å². The SMILES string of the molecule is C/C=C/CCNC1(CN)CC2CCC(C1)N2C. The maximum Gasteiger partial charge on any atom is 0.0333 e. The summed E-state index contributed by atoms with van der Waals surface area (Å²) >= 11 is 0. The Morgan fingerprint density at radius 1 is 1.35 bits per heavy atom. The molecule has 0 aromatic heterocycles. The second-order valence-corrected chi connectivity index (χ2v) is 5.73. The molecule has 0 spiro atoms. The molecule has 2 saturated heterocycles. The smallest absolute Gasteiger partial charge is 0.0333 e. The summed E-state index contributed by atoms with van der Waals surface area (Å²) in [6.07, 6.45) is 10.6. The van der Waals surface area contributed by atoms with Crippen LogP contribution in [-0.4, -0.2) is 42.7 Å². The Balaban J connectivity index is 1.92. The van der Waals surface area contributed by atoms with E-state index in [9.17, 15) is 0 Å². The molecule has 3 nitrogen and oxygen atoms in total. The van der Waals surface area contributed by atoms with E-state index >= 15 is 0 Å². The van der Waals surface area contributed by atoms with Gasteiger partial charge in [-0.1, -0.05) is 12.2 Å². The summed E-state index contributed by atoms with van der Waals surface area (Å²) in [5, 5.41) is 3.74. The minimum absolute atomic E-state index is 0.208. The van der Waals surface area contributed by atoms with E-state index in [1.165, 1.54) is 25.7 Å². The van der Waals surface area contributed by atoms with Gasteiger partial charge in [0.25, 0.3) is 0 Å². The van der Waals surface area contributed by atoms with E-state index in [-0.39, 0.29) is 5.54 Å². The number of nitrogens with one attached hydrogen (secondary N) is 1. The fourth-order valence-corrected chi connectivity index (χ4v) is 3.54. The first-order chi connectivity index (χ1) is 8.21. The quantitative estimate of drug-likeness (QED) is 0.562. The van der Waals surface area contributed by atoms with E-state index in [1.54, 1.807) is 0 Å². The first kappa shape index (κ1) is 13.1. The highest BCUT2D eigenvalue weighted by Gasteiger charge is 2.45. The van der Waals surface area contributed by atoms with Crippen LogP contribution < -0.4 is 11.1 Å². The van der Waals surface area contributed by atoms with E-state index in [0.29, 0.717) is 0 Å². The van der Waals surface area contributed by atoms with Crippen molar-refractivity contribution < 1.29 is 0 Å². The van der Waals surface area contributed by atoms with Gasteiger partial charge in [0.2, 0.25) is 0 Å². The summed E-state index contributed by atoms with van der Waals surface area (Å²) in [5.41, 5.74) is 6.26. The molecule has 2 unspecified atom stereocenters. The van der Waals surface area contributed by atoms with Crippen LogP contribution in [0.3, 0.4) is 0 Å². The highest BCUT2D eigenvalue weighted by molar-refractivity contribution is 5.05. The van der Waals surface area contributed by atoms with Crippen LogP contribution in [0.25, 0.3) is 0 Å². The highest BCUT2D eigenvalue weighted by Crippen LogP contribution is 2.39. The van der Waals surface area contributed by atoms with E-state index in [0.717, 1.165) is 31.6 Å². The number of hydrogen-bond acceptors (Lipinski definition) is 3. The zero-order chi connectivity index (χ0) is 12.3. The molecule has 98 valence electrons. The lowest BCUT2D eigenvalue weighted by Gasteiger charge is -2.45. The van der Waals surface area contributed by atoms with Crippen LogP contribution in [-0.2, 0) is 0 Å². The Labute approximate surface area is 105 Å². The predicted octanol–water partition coefficient (Wildman–Crippen LogP) is 1.50. The third-order valence-electron chi connectivity index (χ3n) is 4.68. The molecular formula is C14H27N3. The van der Waals surface area contributed by atoms with Crippen LogP contribution in [0.4, 0.5) is 0 Å². The van der Waals surface area contributed by atoms with Crippen molar-refractivity contribution in [2.24, 2.45) is 5.73 Å². The zero-order valence-electron chi connectivity index (χ0n) is 11.3. The van der Waals surface area contributed by atoms with Crippen molar-refractivity contribution in [2.75, 3.05) is 20.1 Å². The number of nitrogens with zero attached hydrogens (tertiary/aromatic N) is 1. The predicted molar refractivity (Wildman–Crippen MR) is 73.0 cm³/mol. The monoisotopic (exact) mass is 237 g/mol. The van der Waals surface area contributed by atoms with Crippen LogP contribution >= 0.6 is 0 Å². The number of fused-ring (bicyclic) bond motifs is 2. The van der Waals surface area contributed by atoms with Crippen LogP contribution in [0.5, 0.6) is 0 Å². The minimum atomic E-state index is 0.208. The van der Waals surface area contributed by atoms with Crippen LogP contribution in [0.15, 0.2) is 12.2 Å². The van der Waals surface area contributed by atoms with Gasteiger partial charge in [-0.25, -0.2) is 0 Å². The normalized spacial score (nSPS) is 38.1. The molecule has 0 amide bonds. The lowest BCUT2D eigenvalue weighted by atomic mass is 9.83. The average Bonchev–Trinajstić information content (AvgIpc) is 2.58. The molecule has 2 heterocycles. The van der Waals surface area contributed by atoms with Crippen molar-refractivity contribution in [2.45, 2.75) is 56.7 Å². The Kier molecular flexibility index (Phi) is 4.23. The largest absolute Gasteiger partial charge is 0.329 e. The fourth-order valence-electron chi connectivity index (χ4n) is 3.54. The van der Waals surface area contributed by atoms with Crippen molar-refractivity contribution in [1.82, 2.24) is 10.2 Å². The van der Waals surface area contributed by atoms with Crippen LogP contribution in [0.2, 0.25) is 0 Å². The minimum Gasteiger partial charge on any atom is -0.329 e. The molecule has 3 heteroatoms. The van der Waals surface area contributed by atoms with Gasteiger partial charge in [0.05, 0.1) is 0 Å². The van der Waals surface area contributed by atoms with Gasteiger partial charge in [0.1, 0.15) is 0 Å². The van der Waals surface area contributed by atoms with Crippen molar-refractivity contribution in [3.05, 3.63) is 12.2 Å². The summed E-state index contributed by atoms with van der Waals surface area (Å²) in [7, 11) is 2.28. The number of allylic oxidation sites excluding steroid dienone is 1. The number of hydrogen-bond donors (Lipinski definition) is 2. The molecule has 17 heavy (non-hydrogen) atoms. The summed E-state index contributed by atoms with van der Waals surface area (Å²) in [6, 6.07) is 1.51. The molecule has 0 radical (unpaired) electrons. The number of rotatable bonds is 5. The van der Waals surface area contributed by atoms with Gasteiger partial charge in [-0.05, 0) is 52.6 Å². The van der Waals surface area contributed by atoms with Gasteiger partial charge in [-0.15, -0.1) is 0 Å². The van der Waals surface area contributed by atoms with Gasteiger partial charge in [-0.2, -0.15) is 0 Å². The van der Waals surface area contributed by atoms with Crippen molar-refractivity contribution >= 4 is 0 Å². The first-order valence-corrected chi connectivity index (χ1v) is 6.99. The van der Waals surface area contributed by atoms with E-state index in [1.807, 2.05) is 0 Å². The lowest BCUT2D eigenvalue weighted by molar-refractivity contribution is 0.0951. The molecule has 2 rings (SSSR count). The number of nitrogens with two attached hydrogens (primary N) is 1. The molecule has 2 fully saturated rings.